The average molecular weight is 332 g/mol. The van der Waals surface area contributed by atoms with E-state index in [1.807, 2.05) is 84.9 Å². The van der Waals surface area contributed by atoms with Gasteiger partial charge in [0.05, 0.1) is 11.3 Å². The molecule has 0 unspecified atom stereocenters. The molecule has 3 aromatic carbocycles. The van der Waals surface area contributed by atoms with Crippen LogP contribution in [0, 0.1) is 11.3 Å². The zero-order valence-electron chi connectivity index (χ0n) is 14.1. The van der Waals surface area contributed by atoms with Crippen LogP contribution in [0.2, 0.25) is 0 Å². The van der Waals surface area contributed by atoms with Crippen LogP contribution in [-0.4, -0.2) is 4.98 Å². The third-order valence-electron chi connectivity index (χ3n) is 4.40. The van der Waals surface area contributed by atoms with Gasteiger partial charge in [-0.25, -0.2) is 0 Å². The Morgan fingerprint density at radius 3 is 2.00 bits per heavy atom. The zero-order valence-corrected chi connectivity index (χ0v) is 14.1. The van der Waals surface area contributed by atoms with Crippen LogP contribution in [0.5, 0.6) is 0 Å². The largest absolute Gasteiger partial charge is 0.256 e. The summed E-state index contributed by atoms with van der Waals surface area (Å²) in [5.74, 6) is 0. The van der Waals surface area contributed by atoms with E-state index in [4.69, 9.17) is 0 Å². The van der Waals surface area contributed by atoms with Gasteiger partial charge in [0, 0.05) is 22.9 Å². The number of nitrogens with zero attached hydrogens (tertiary/aromatic N) is 2. The van der Waals surface area contributed by atoms with Crippen molar-refractivity contribution in [1.82, 2.24) is 4.98 Å². The Labute approximate surface area is 153 Å². The zero-order chi connectivity index (χ0) is 17.8. The van der Waals surface area contributed by atoms with E-state index < -0.39 is 0 Å². The second kappa shape index (κ2) is 7.04. The molecule has 26 heavy (non-hydrogen) atoms. The van der Waals surface area contributed by atoms with E-state index in [1.165, 1.54) is 0 Å². The summed E-state index contributed by atoms with van der Waals surface area (Å²) in [5, 5.41) is 9.85. The first-order chi connectivity index (χ1) is 12.9. The molecule has 0 aliphatic carbocycles. The molecule has 122 valence electrons. The van der Waals surface area contributed by atoms with Crippen molar-refractivity contribution >= 4 is 0 Å². The van der Waals surface area contributed by atoms with Crippen molar-refractivity contribution in [3.63, 3.8) is 0 Å². The van der Waals surface area contributed by atoms with Gasteiger partial charge < -0.3 is 0 Å². The summed E-state index contributed by atoms with van der Waals surface area (Å²) in [5.41, 5.74) is 6.61. The van der Waals surface area contributed by atoms with E-state index in [9.17, 15) is 5.26 Å². The van der Waals surface area contributed by atoms with Crippen molar-refractivity contribution in [2.24, 2.45) is 0 Å². The fourth-order valence-electron chi connectivity index (χ4n) is 3.15. The highest BCUT2D eigenvalue weighted by atomic mass is 14.7. The Balaban J connectivity index is 1.86. The molecule has 0 bridgehead atoms. The van der Waals surface area contributed by atoms with Gasteiger partial charge in [-0.15, -0.1) is 0 Å². The van der Waals surface area contributed by atoms with Crippen LogP contribution < -0.4 is 0 Å². The molecule has 0 saturated carbocycles. The fourth-order valence-corrected chi connectivity index (χ4v) is 3.15. The molecule has 4 rings (SSSR count). The van der Waals surface area contributed by atoms with Crippen molar-refractivity contribution in [3.8, 4) is 39.6 Å². The predicted octanol–water partition coefficient (Wildman–Crippen LogP) is 5.95. The quantitative estimate of drug-likeness (QED) is 0.464. The third-order valence-corrected chi connectivity index (χ3v) is 4.40. The van der Waals surface area contributed by atoms with Crippen LogP contribution in [0.4, 0.5) is 0 Å². The molecule has 0 aliphatic rings. The molecule has 2 heteroatoms. The van der Waals surface area contributed by atoms with E-state index in [1.54, 1.807) is 6.20 Å². The second-order valence-electron chi connectivity index (χ2n) is 6.00. The number of benzene rings is 3. The molecule has 4 aromatic rings. The molecule has 1 aromatic heterocycles. The van der Waals surface area contributed by atoms with Gasteiger partial charge in [-0.05, 0) is 29.3 Å². The topological polar surface area (TPSA) is 36.7 Å². The van der Waals surface area contributed by atoms with Gasteiger partial charge in [0.25, 0.3) is 0 Å². The van der Waals surface area contributed by atoms with Gasteiger partial charge in [-0.3, -0.25) is 4.98 Å². The maximum Gasteiger partial charge on any atom is 0.100 e. The first kappa shape index (κ1) is 15.8. The minimum atomic E-state index is 0.692. The molecule has 0 aliphatic heterocycles. The highest BCUT2D eigenvalue weighted by Gasteiger charge is 2.12. The lowest BCUT2D eigenvalue weighted by Crippen LogP contribution is -1.90. The Bertz CT molecular complexity index is 1080. The number of pyridine rings is 1. The van der Waals surface area contributed by atoms with Crippen LogP contribution in [0.3, 0.4) is 0 Å². The standard InChI is InChI=1S/C24H16N2/c25-17-23-21(18-8-2-1-3-9-18)12-7-13-22(23)19-10-6-11-20(16-19)24-14-4-5-15-26-24/h1-16H. The van der Waals surface area contributed by atoms with Gasteiger partial charge in [0.2, 0.25) is 0 Å². The van der Waals surface area contributed by atoms with Crippen LogP contribution in [0.1, 0.15) is 5.56 Å². The molecular weight excluding hydrogens is 316 g/mol. The summed E-state index contributed by atoms with van der Waals surface area (Å²) in [6.45, 7) is 0. The minimum Gasteiger partial charge on any atom is -0.256 e. The van der Waals surface area contributed by atoms with E-state index in [0.717, 1.165) is 33.5 Å². The Morgan fingerprint density at radius 2 is 1.27 bits per heavy atom. The van der Waals surface area contributed by atoms with Crippen LogP contribution >= 0.6 is 0 Å². The first-order valence-corrected chi connectivity index (χ1v) is 8.47. The smallest absolute Gasteiger partial charge is 0.100 e. The molecule has 0 amide bonds. The molecule has 0 fully saturated rings. The molecule has 2 nitrogen and oxygen atoms in total. The lowest BCUT2D eigenvalue weighted by Gasteiger charge is -2.11. The lowest BCUT2D eigenvalue weighted by molar-refractivity contribution is 1.33. The summed E-state index contributed by atoms with van der Waals surface area (Å²) in [4.78, 5) is 4.43. The van der Waals surface area contributed by atoms with E-state index in [-0.39, 0.29) is 0 Å². The second-order valence-corrected chi connectivity index (χ2v) is 6.00. The van der Waals surface area contributed by atoms with Crippen LogP contribution in [-0.2, 0) is 0 Å². The number of aromatic nitrogens is 1. The van der Waals surface area contributed by atoms with E-state index in [0.29, 0.717) is 5.56 Å². The van der Waals surface area contributed by atoms with Gasteiger partial charge in [-0.2, -0.15) is 5.26 Å². The lowest BCUT2D eigenvalue weighted by atomic mass is 9.91. The molecule has 0 atom stereocenters. The van der Waals surface area contributed by atoms with Crippen molar-refractivity contribution < 1.29 is 0 Å². The summed E-state index contributed by atoms with van der Waals surface area (Å²) in [6, 6.07) is 32.5. The molecule has 0 saturated heterocycles. The van der Waals surface area contributed by atoms with Crippen molar-refractivity contribution in [2.75, 3.05) is 0 Å². The van der Waals surface area contributed by atoms with Crippen LogP contribution in [0.15, 0.2) is 97.2 Å². The van der Waals surface area contributed by atoms with Gasteiger partial charge in [0.1, 0.15) is 6.07 Å². The molecular formula is C24H16N2. The normalized spacial score (nSPS) is 10.3. The Hall–Kier alpha value is -3.70. The summed E-state index contributed by atoms with van der Waals surface area (Å²) in [6.07, 6.45) is 1.79. The average Bonchev–Trinajstić information content (AvgIpc) is 2.74. The summed E-state index contributed by atoms with van der Waals surface area (Å²) >= 11 is 0. The van der Waals surface area contributed by atoms with Crippen molar-refractivity contribution in [1.29, 1.82) is 5.26 Å². The van der Waals surface area contributed by atoms with Gasteiger partial charge in [0.15, 0.2) is 0 Å². The number of hydrogen-bond acceptors (Lipinski definition) is 2. The van der Waals surface area contributed by atoms with Gasteiger partial charge >= 0.3 is 0 Å². The molecule has 0 spiro atoms. The van der Waals surface area contributed by atoms with E-state index in [2.05, 4.69) is 17.1 Å². The predicted molar refractivity (Wildman–Crippen MR) is 105 cm³/mol. The monoisotopic (exact) mass is 332 g/mol. The molecule has 0 radical (unpaired) electrons. The summed E-state index contributed by atoms with van der Waals surface area (Å²) < 4.78 is 0. The van der Waals surface area contributed by atoms with Crippen molar-refractivity contribution in [3.05, 3.63) is 103 Å². The molecule has 0 N–H and O–H groups in total. The number of nitriles is 1. The Morgan fingerprint density at radius 1 is 0.615 bits per heavy atom. The van der Waals surface area contributed by atoms with E-state index >= 15 is 0 Å². The van der Waals surface area contributed by atoms with Gasteiger partial charge in [-0.1, -0.05) is 72.8 Å². The minimum absolute atomic E-state index is 0.692. The highest BCUT2D eigenvalue weighted by Crippen LogP contribution is 2.33. The maximum absolute atomic E-state index is 9.85. The number of rotatable bonds is 3. The third kappa shape index (κ3) is 2.99. The number of hydrogen-bond donors (Lipinski definition) is 0. The molecule has 1 heterocycles. The SMILES string of the molecule is N#Cc1c(-c2ccccc2)cccc1-c1cccc(-c2ccccn2)c1. The van der Waals surface area contributed by atoms with Crippen LogP contribution in [0.25, 0.3) is 33.5 Å². The summed E-state index contributed by atoms with van der Waals surface area (Å²) in [7, 11) is 0. The highest BCUT2D eigenvalue weighted by molar-refractivity contribution is 5.83. The van der Waals surface area contributed by atoms with Crippen molar-refractivity contribution in [2.45, 2.75) is 0 Å². The Kier molecular flexibility index (Phi) is 4.28. The maximum atomic E-state index is 9.85. The fraction of sp³-hybridized carbons (Fsp3) is 0. The first-order valence-electron chi connectivity index (χ1n) is 8.47.